The molecule has 9 nitrogen and oxygen atoms in total. The molecule has 3 aliphatic heterocycles. The summed E-state index contributed by atoms with van der Waals surface area (Å²) in [6.45, 7) is 4.68. The Labute approximate surface area is 221 Å². The Kier molecular flexibility index (Phi) is 7.35. The lowest BCUT2D eigenvalue weighted by Crippen LogP contribution is -2.59. The molecule has 2 spiro atoms. The van der Waals surface area contributed by atoms with E-state index in [1.54, 1.807) is 20.8 Å². The molecule has 0 bridgehead atoms. The zero-order chi connectivity index (χ0) is 28.1. The van der Waals surface area contributed by atoms with Crippen LogP contribution in [-0.4, -0.2) is 72.6 Å². The Morgan fingerprint density at radius 2 is 1.82 bits per heavy atom. The van der Waals surface area contributed by atoms with Crippen LogP contribution in [-0.2, 0) is 19.2 Å². The Bertz CT molecular complexity index is 1040. The average molecular weight is 556 g/mol. The Morgan fingerprint density at radius 1 is 1.18 bits per heavy atom. The van der Waals surface area contributed by atoms with Crippen molar-refractivity contribution >= 4 is 31.7 Å². The molecule has 4 rings (SSSR count). The van der Waals surface area contributed by atoms with Crippen LogP contribution < -0.4 is 16.0 Å². The van der Waals surface area contributed by atoms with Crippen molar-refractivity contribution in [1.29, 1.82) is 5.26 Å². The van der Waals surface area contributed by atoms with Gasteiger partial charge in [0.05, 0.1) is 14.1 Å². The summed E-state index contributed by atoms with van der Waals surface area (Å²) in [5.41, 5.74) is -1.21. The molecule has 3 N–H and O–H groups in total. The highest BCUT2D eigenvalue weighted by molar-refractivity contribution is 6.82. The lowest BCUT2D eigenvalue weighted by atomic mass is 9.85. The van der Waals surface area contributed by atoms with Crippen LogP contribution in [0.1, 0.15) is 59.3 Å². The van der Waals surface area contributed by atoms with Crippen molar-refractivity contribution in [3.63, 3.8) is 0 Å². The van der Waals surface area contributed by atoms with Crippen LogP contribution >= 0.6 is 0 Å². The van der Waals surface area contributed by atoms with Gasteiger partial charge in [-0.25, -0.2) is 0 Å². The minimum atomic E-state index is -5.15. The van der Waals surface area contributed by atoms with E-state index in [2.05, 4.69) is 16.7 Å². The number of rotatable bonds is 6. The maximum atomic E-state index is 13.7. The van der Waals surface area contributed by atoms with E-state index < -0.39 is 55.5 Å². The van der Waals surface area contributed by atoms with Gasteiger partial charge in [0, 0.05) is 17.6 Å². The van der Waals surface area contributed by atoms with Gasteiger partial charge in [-0.1, -0.05) is 45.7 Å². The van der Waals surface area contributed by atoms with Crippen LogP contribution in [0.15, 0.2) is 0 Å². The predicted molar refractivity (Wildman–Crippen MR) is 133 cm³/mol. The Morgan fingerprint density at radius 3 is 2.32 bits per heavy atom. The third kappa shape index (κ3) is 5.84. The molecule has 1 saturated carbocycles. The normalized spacial score (nSPS) is 27.1. The van der Waals surface area contributed by atoms with Gasteiger partial charge in [-0.2, -0.15) is 18.4 Å². The monoisotopic (exact) mass is 555 g/mol. The molecule has 0 aromatic carbocycles. The molecule has 13 heteroatoms. The van der Waals surface area contributed by atoms with Crippen molar-refractivity contribution in [2.75, 3.05) is 6.17 Å². The number of nitrogens with one attached hydrogen (secondary N) is 3. The first kappa shape index (κ1) is 28.4. The van der Waals surface area contributed by atoms with E-state index in [-0.39, 0.29) is 23.8 Å². The second kappa shape index (κ2) is 9.84. The van der Waals surface area contributed by atoms with E-state index in [1.165, 1.54) is 4.90 Å². The first-order valence-electron chi connectivity index (χ1n) is 13.3. The maximum Gasteiger partial charge on any atom is 0.471 e. The van der Waals surface area contributed by atoms with Gasteiger partial charge in [-0.15, -0.1) is 0 Å². The molecular weight excluding hydrogens is 519 g/mol. The summed E-state index contributed by atoms with van der Waals surface area (Å²) in [5.74, 6) is -3.96. The van der Waals surface area contributed by atoms with E-state index in [0.717, 1.165) is 37.8 Å². The van der Waals surface area contributed by atoms with Gasteiger partial charge >= 0.3 is 12.1 Å². The fourth-order valence-corrected chi connectivity index (χ4v) is 11.8. The number of amides is 4. The summed E-state index contributed by atoms with van der Waals surface area (Å²) in [6, 6.07) is 1.02. The SMILES string of the molecule is CC(C)(C)[C@H](NC(=O)C(F)(F)F)C(=O)N1C[Si]2(CCCC2)C[C@H]1C(=O)N[C@H](C#N)C[C@@H]1CC2(CC2)NC1=O. The lowest BCUT2D eigenvalue weighted by molar-refractivity contribution is -0.176. The van der Waals surface area contributed by atoms with Crippen LogP contribution in [0, 0.1) is 22.7 Å². The van der Waals surface area contributed by atoms with E-state index >= 15 is 0 Å². The number of carbonyl (C=O) groups is 4. The first-order chi connectivity index (χ1) is 17.6. The van der Waals surface area contributed by atoms with Gasteiger partial charge < -0.3 is 20.9 Å². The van der Waals surface area contributed by atoms with Crippen LogP contribution in [0.25, 0.3) is 0 Å². The summed E-state index contributed by atoms with van der Waals surface area (Å²) < 4.78 is 39.2. The van der Waals surface area contributed by atoms with Gasteiger partial charge in [-0.05, 0) is 37.1 Å². The molecule has 4 amide bonds. The summed E-state index contributed by atoms with van der Waals surface area (Å²) in [6.07, 6.45) is -0.261. The number of nitrogens with zero attached hydrogens (tertiary/aromatic N) is 2. The predicted octanol–water partition coefficient (Wildman–Crippen LogP) is 2.14. The van der Waals surface area contributed by atoms with E-state index in [4.69, 9.17) is 0 Å². The molecule has 4 aliphatic rings. The van der Waals surface area contributed by atoms with Gasteiger partial charge in [0.2, 0.25) is 17.7 Å². The van der Waals surface area contributed by atoms with Crippen LogP contribution in [0.4, 0.5) is 13.2 Å². The highest BCUT2D eigenvalue weighted by Crippen LogP contribution is 2.46. The third-order valence-electron chi connectivity index (χ3n) is 8.65. The van der Waals surface area contributed by atoms with Crippen LogP contribution in [0.2, 0.25) is 18.1 Å². The number of nitriles is 1. The summed E-state index contributed by atoms with van der Waals surface area (Å²) >= 11 is 0. The van der Waals surface area contributed by atoms with Crippen molar-refractivity contribution in [3.8, 4) is 6.07 Å². The third-order valence-corrected chi connectivity index (χ3v) is 13.7. The topological polar surface area (TPSA) is 131 Å². The molecule has 1 aliphatic carbocycles. The molecule has 3 saturated heterocycles. The van der Waals surface area contributed by atoms with Crippen molar-refractivity contribution in [3.05, 3.63) is 0 Å². The minimum absolute atomic E-state index is 0.125. The van der Waals surface area contributed by atoms with E-state index in [9.17, 15) is 37.6 Å². The number of halogens is 3. The minimum Gasteiger partial charge on any atom is -0.350 e. The second-order valence-corrected chi connectivity index (χ2v) is 17.5. The molecule has 0 aromatic rings. The molecule has 38 heavy (non-hydrogen) atoms. The summed E-state index contributed by atoms with van der Waals surface area (Å²) in [5, 5.41) is 17.3. The van der Waals surface area contributed by atoms with Crippen molar-refractivity contribution in [2.45, 2.75) is 107 Å². The first-order valence-corrected chi connectivity index (χ1v) is 16.1. The number of alkyl halides is 3. The van der Waals surface area contributed by atoms with Gasteiger partial charge in [0.1, 0.15) is 18.1 Å². The molecule has 210 valence electrons. The Hall–Kier alpha value is -2.62. The number of hydrogen-bond acceptors (Lipinski definition) is 5. The van der Waals surface area contributed by atoms with E-state index in [1.807, 2.05) is 5.32 Å². The molecule has 0 radical (unpaired) electrons. The standard InChI is InChI=1S/C25H36F3N5O4Si/c1-23(2,3)18(31-22(37)25(26,27)28)21(36)33-14-38(8-4-5-9-38)13-17(33)20(35)30-16(12-29)10-15-11-24(6-7-24)32-19(15)34/h15-18H,4-11,13-14H2,1-3H3,(H,30,35)(H,31,37)(H,32,34)/t15-,16+,17+,18-/m1/s1. The maximum absolute atomic E-state index is 13.7. The number of carbonyl (C=O) groups excluding carboxylic acids is 4. The van der Waals surface area contributed by atoms with Crippen molar-refractivity contribution in [1.82, 2.24) is 20.9 Å². The number of hydrogen-bond donors (Lipinski definition) is 3. The zero-order valence-electron chi connectivity index (χ0n) is 22.0. The molecule has 0 unspecified atom stereocenters. The molecule has 3 heterocycles. The Balaban J connectivity index is 1.52. The average Bonchev–Trinajstić information content (AvgIpc) is 3.15. The highest BCUT2D eigenvalue weighted by Gasteiger charge is 2.55. The van der Waals surface area contributed by atoms with Crippen LogP contribution in [0.3, 0.4) is 0 Å². The van der Waals surface area contributed by atoms with Gasteiger partial charge in [-0.3, -0.25) is 19.2 Å². The molecule has 4 fully saturated rings. The largest absolute Gasteiger partial charge is 0.471 e. The quantitative estimate of drug-likeness (QED) is 0.432. The second-order valence-electron chi connectivity index (χ2n) is 12.8. The highest BCUT2D eigenvalue weighted by atomic mass is 28.3. The van der Waals surface area contributed by atoms with Crippen molar-refractivity contribution < 1.29 is 32.3 Å². The fraction of sp³-hybridized carbons (Fsp3) is 0.800. The summed E-state index contributed by atoms with van der Waals surface area (Å²) in [4.78, 5) is 52.8. The van der Waals surface area contributed by atoms with Gasteiger partial charge in [0.25, 0.3) is 0 Å². The fourth-order valence-electron chi connectivity index (χ4n) is 6.38. The molecule has 0 aromatic heterocycles. The zero-order valence-corrected chi connectivity index (χ0v) is 23.0. The lowest BCUT2D eigenvalue weighted by Gasteiger charge is -2.36. The van der Waals surface area contributed by atoms with E-state index in [0.29, 0.717) is 18.6 Å². The molecule has 4 atom stereocenters. The van der Waals surface area contributed by atoms with Gasteiger partial charge in [0.15, 0.2) is 0 Å². The molecular formula is C25H36F3N5O4Si. The smallest absolute Gasteiger partial charge is 0.350 e. The van der Waals surface area contributed by atoms with Crippen LogP contribution in [0.5, 0.6) is 0 Å². The summed E-state index contributed by atoms with van der Waals surface area (Å²) in [7, 11) is -2.06. The van der Waals surface area contributed by atoms with Crippen molar-refractivity contribution in [2.24, 2.45) is 11.3 Å².